The first kappa shape index (κ1) is 10.0. The number of aromatic hydroxyl groups is 1. The number of aromatic nitrogens is 2. The van der Waals surface area contributed by atoms with Gasteiger partial charge >= 0.3 is 0 Å². The Morgan fingerprint density at radius 1 is 1.18 bits per heavy atom. The van der Waals surface area contributed by atoms with E-state index in [2.05, 4.69) is 20.6 Å². The van der Waals surface area contributed by atoms with Crippen LogP contribution in [0.25, 0.3) is 0 Å². The molecule has 0 bridgehead atoms. The maximum Gasteiger partial charge on any atom is 0.227 e. The molecule has 3 rings (SSSR count). The number of phenolic OH excluding ortho intramolecular Hbond substituents is 1. The Morgan fingerprint density at radius 3 is 2.82 bits per heavy atom. The van der Waals surface area contributed by atoms with Crippen LogP contribution >= 0.6 is 0 Å². The summed E-state index contributed by atoms with van der Waals surface area (Å²) in [6.45, 7) is 1.64. The second-order valence-corrected chi connectivity index (χ2v) is 3.94. The normalized spacial score (nSPS) is 13.4. The predicted octanol–water partition coefficient (Wildman–Crippen LogP) is 1.53. The molecule has 0 atom stereocenters. The molecule has 0 spiro atoms. The summed E-state index contributed by atoms with van der Waals surface area (Å²) in [5, 5.41) is 15.5. The van der Waals surface area contributed by atoms with Gasteiger partial charge in [0.2, 0.25) is 5.95 Å². The number of fused-ring (bicyclic) bond motifs is 1. The van der Waals surface area contributed by atoms with Crippen molar-refractivity contribution in [3.63, 3.8) is 0 Å². The molecule has 5 heteroatoms. The van der Waals surface area contributed by atoms with Gasteiger partial charge in [-0.3, -0.25) is 0 Å². The van der Waals surface area contributed by atoms with E-state index < -0.39 is 0 Å². The van der Waals surface area contributed by atoms with Gasteiger partial charge < -0.3 is 15.7 Å². The topological polar surface area (TPSA) is 70.1 Å². The molecule has 0 amide bonds. The van der Waals surface area contributed by atoms with Gasteiger partial charge in [0.1, 0.15) is 5.75 Å². The third-order valence-corrected chi connectivity index (χ3v) is 2.69. The molecule has 0 aliphatic carbocycles. The van der Waals surface area contributed by atoms with Crippen LogP contribution in [0.1, 0.15) is 11.3 Å². The third kappa shape index (κ3) is 2.05. The van der Waals surface area contributed by atoms with Crippen molar-refractivity contribution >= 4 is 11.6 Å². The van der Waals surface area contributed by atoms with E-state index in [0.717, 1.165) is 30.0 Å². The number of anilines is 2. The van der Waals surface area contributed by atoms with Crippen LogP contribution in [0.3, 0.4) is 0 Å². The minimum Gasteiger partial charge on any atom is -0.508 e. The van der Waals surface area contributed by atoms with Crippen LogP contribution < -0.4 is 10.6 Å². The highest BCUT2D eigenvalue weighted by atomic mass is 16.3. The van der Waals surface area contributed by atoms with Gasteiger partial charge in [-0.1, -0.05) is 0 Å². The Bertz CT molecular complexity index is 539. The van der Waals surface area contributed by atoms with Crippen LogP contribution in [0, 0.1) is 0 Å². The Labute approximate surface area is 98.5 Å². The van der Waals surface area contributed by atoms with Crippen LogP contribution in [0.15, 0.2) is 30.5 Å². The molecule has 0 radical (unpaired) electrons. The molecule has 1 aliphatic rings. The fourth-order valence-electron chi connectivity index (χ4n) is 1.79. The number of nitrogens with one attached hydrogen (secondary N) is 2. The summed E-state index contributed by atoms with van der Waals surface area (Å²) < 4.78 is 0. The molecule has 0 unspecified atom stereocenters. The van der Waals surface area contributed by atoms with E-state index in [4.69, 9.17) is 0 Å². The van der Waals surface area contributed by atoms with Crippen LogP contribution in [0.2, 0.25) is 0 Å². The maximum absolute atomic E-state index is 9.18. The average Bonchev–Trinajstić information content (AvgIpc) is 2.79. The minimum absolute atomic E-state index is 0.245. The molecular formula is C12H12N4O. The van der Waals surface area contributed by atoms with Gasteiger partial charge in [-0.15, -0.1) is 0 Å². The number of rotatable bonds is 2. The molecule has 1 aliphatic heterocycles. The van der Waals surface area contributed by atoms with E-state index in [-0.39, 0.29) is 5.75 Å². The quantitative estimate of drug-likeness (QED) is 0.680. The van der Waals surface area contributed by atoms with Crippen molar-refractivity contribution < 1.29 is 5.11 Å². The Hall–Kier alpha value is -2.14. The molecule has 17 heavy (non-hydrogen) atoms. The largest absolute Gasteiger partial charge is 0.508 e. The Balaban J connectivity index is 1.83. The number of hydrogen-bond donors (Lipinski definition) is 3. The van der Waals surface area contributed by atoms with Gasteiger partial charge in [-0.25, -0.2) is 9.97 Å². The van der Waals surface area contributed by atoms with Gasteiger partial charge in [0.25, 0.3) is 0 Å². The molecule has 1 aromatic carbocycles. The molecule has 1 aromatic heterocycles. The predicted molar refractivity (Wildman–Crippen MR) is 64.0 cm³/mol. The van der Waals surface area contributed by atoms with Crippen LogP contribution in [-0.2, 0) is 13.1 Å². The van der Waals surface area contributed by atoms with Crippen molar-refractivity contribution in [3.8, 4) is 5.75 Å². The maximum atomic E-state index is 9.18. The van der Waals surface area contributed by atoms with E-state index in [1.807, 2.05) is 6.20 Å². The van der Waals surface area contributed by atoms with Crippen LogP contribution in [-0.4, -0.2) is 15.1 Å². The highest BCUT2D eigenvalue weighted by Crippen LogP contribution is 2.18. The average molecular weight is 228 g/mol. The Kier molecular flexibility index (Phi) is 2.38. The number of phenols is 1. The number of hydrogen-bond acceptors (Lipinski definition) is 5. The summed E-state index contributed by atoms with van der Waals surface area (Å²) in [5.41, 5.74) is 3.05. The number of nitrogens with zero attached hydrogens (tertiary/aromatic N) is 2. The molecule has 2 heterocycles. The number of benzene rings is 1. The van der Waals surface area contributed by atoms with Crippen molar-refractivity contribution in [3.05, 3.63) is 41.7 Å². The first-order valence-corrected chi connectivity index (χ1v) is 5.43. The standard InChI is InChI=1S/C12H12N4O/c17-10-3-1-9(2-4-10)15-12-14-6-8-5-13-7-11(8)16-12/h1-4,6,13,17H,5,7H2,(H,14,15,16). The molecular weight excluding hydrogens is 216 g/mol. The van der Waals surface area contributed by atoms with E-state index in [0.29, 0.717) is 5.95 Å². The summed E-state index contributed by atoms with van der Waals surface area (Å²) in [6.07, 6.45) is 1.84. The lowest BCUT2D eigenvalue weighted by Crippen LogP contribution is -2.01. The van der Waals surface area contributed by atoms with Gasteiger partial charge in [-0.05, 0) is 24.3 Å². The zero-order chi connectivity index (χ0) is 11.7. The van der Waals surface area contributed by atoms with Crippen molar-refractivity contribution in [1.29, 1.82) is 0 Å². The molecule has 5 nitrogen and oxygen atoms in total. The second-order valence-electron chi connectivity index (χ2n) is 3.94. The lowest BCUT2D eigenvalue weighted by molar-refractivity contribution is 0.475. The third-order valence-electron chi connectivity index (χ3n) is 2.69. The van der Waals surface area contributed by atoms with Crippen molar-refractivity contribution in [2.75, 3.05) is 5.32 Å². The first-order chi connectivity index (χ1) is 8.31. The van der Waals surface area contributed by atoms with Crippen molar-refractivity contribution in [1.82, 2.24) is 15.3 Å². The molecule has 0 saturated carbocycles. The summed E-state index contributed by atoms with van der Waals surface area (Å²) in [4.78, 5) is 8.67. The molecule has 3 N–H and O–H groups in total. The van der Waals surface area contributed by atoms with Crippen LogP contribution in [0.5, 0.6) is 5.75 Å². The van der Waals surface area contributed by atoms with Gasteiger partial charge in [-0.2, -0.15) is 0 Å². The highest BCUT2D eigenvalue weighted by Gasteiger charge is 2.12. The zero-order valence-corrected chi connectivity index (χ0v) is 9.14. The Morgan fingerprint density at radius 2 is 2.00 bits per heavy atom. The summed E-state index contributed by atoms with van der Waals surface area (Å²) >= 11 is 0. The zero-order valence-electron chi connectivity index (χ0n) is 9.14. The molecule has 2 aromatic rings. The van der Waals surface area contributed by atoms with E-state index in [9.17, 15) is 5.11 Å². The van der Waals surface area contributed by atoms with Crippen molar-refractivity contribution in [2.45, 2.75) is 13.1 Å². The van der Waals surface area contributed by atoms with Crippen molar-refractivity contribution in [2.24, 2.45) is 0 Å². The van der Waals surface area contributed by atoms with Gasteiger partial charge in [0.05, 0.1) is 5.69 Å². The second kappa shape index (κ2) is 4.03. The molecule has 0 fully saturated rings. The van der Waals surface area contributed by atoms with E-state index >= 15 is 0 Å². The van der Waals surface area contributed by atoms with E-state index in [1.54, 1.807) is 24.3 Å². The summed E-state index contributed by atoms with van der Waals surface area (Å²) in [5.74, 6) is 0.827. The summed E-state index contributed by atoms with van der Waals surface area (Å²) in [6, 6.07) is 6.81. The highest BCUT2D eigenvalue weighted by molar-refractivity contribution is 5.54. The van der Waals surface area contributed by atoms with Crippen LogP contribution in [0.4, 0.5) is 11.6 Å². The fourth-order valence-corrected chi connectivity index (χ4v) is 1.79. The monoisotopic (exact) mass is 228 g/mol. The first-order valence-electron chi connectivity index (χ1n) is 5.43. The lowest BCUT2D eigenvalue weighted by atomic mass is 10.3. The SMILES string of the molecule is Oc1ccc(Nc2ncc3c(n2)CNC3)cc1. The van der Waals surface area contributed by atoms with E-state index in [1.165, 1.54) is 0 Å². The lowest BCUT2D eigenvalue weighted by Gasteiger charge is -2.05. The van der Waals surface area contributed by atoms with Gasteiger partial charge in [0, 0.05) is 30.5 Å². The molecule has 0 saturated heterocycles. The molecule has 86 valence electrons. The fraction of sp³-hybridized carbons (Fsp3) is 0.167. The smallest absolute Gasteiger partial charge is 0.227 e. The summed E-state index contributed by atoms with van der Waals surface area (Å²) in [7, 11) is 0. The van der Waals surface area contributed by atoms with Gasteiger partial charge in [0.15, 0.2) is 0 Å². The minimum atomic E-state index is 0.245.